The quantitative estimate of drug-likeness (QED) is 0.422. The largest absolute Gasteiger partial charge is 0.354 e. The van der Waals surface area contributed by atoms with Crippen LogP contribution in [0.1, 0.15) is 0 Å². The van der Waals surface area contributed by atoms with E-state index in [1.807, 2.05) is 24.5 Å². The standard InChI is InChI=1S/C22H14N4/c1-4-8-18-13(5-1)15-9-10-23-22(21(15)26-18)20-11-19-16(12-24-20)14-6-2-3-7-17(14)25-19/h1-12,25-26H. The van der Waals surface area contributed by atoms with Crippen molar-refractivity contribution in [1.82, 2.24) is 19.9 Å². The van der Waals surface area contributed by atoms with E-state index in [1.54, 1.807) is 0 Å². The molecule has 0 unspecified atom stereocenters. The van der Waals surface area contributed by atoms with Gasteiger partial charge in [0.2, 0.25) is 0 Å². The monoisotopic (exact) mass is 334 g/mol. The van der Waals surface area contributed by atoms with Crippen molar-refractivity contribution in [3.8, 4) is 11.4 Å². The predicted molar refractivity (Wildman–Crippen MR) is 106 cm³/mol. The summed E-state index contributed by atoms with van der Waals surface area (Å²) in [5.74, 6) is 0. The second kappa shape index (κ2) is 4.92. The number of aromatic amines is 2. The Morgan fingerprint density at radius 1 is 0.615 bits per heavy atom. The highest BCUT2D eigenvalue weighted by Crippen LogP contribution is 2.32. The molecule has 4 heteroatoms. The third kappa shape index (κ3) is 1.78. The number of hydrogen-bond acceptors (Lipinski definition) is 2. The summed E-state index contributed by atoms with van der Waals surface area (Å²) in [4.78, 5) is 16.3. The van der Waals surface area contributed by atoms with E-state index in [0.717, 1.165) is 38.8 Å². The van der Waals surface area contributed by atoms with Gasteiger partial charge in [-0.1, -0.05) is 36.4 Å². The lowest BCUT2D eigenvalue weighted by Crippen LogP contribution is -1.88. The molecule has 4 heterocycles. The summed E-state index contributed by atoms with van der Waals surface area (Å²) in [6, 6.07) is 20.8. The lowest BCUT2D eigenvalue weighted by atomic mass is 10.1. The molecule has 2 N–H and O–H groups in total. The van der Waals surface area contributed by atoms with Crippen molar-refractivity contribution in [2.45, 2.75) is 0 Å². The van der Waals surface area contributed by atoms with Crippen LogP contribution in [0.2, 0.25) is 0 Å². The van der Waals surface area contributed by atoms with E-state index in [1.165, 1.54) is 16.2 Å². The SMILES string of the molecule is c1ccc2c(c1)[nH]c1cc(-c3nccc4c3[nH]c3ccccc34)ncc12. The highest BCUT2D eigenvalue weighted by Gasteiger charge is 2.13. The summed E-state index contributed by atoms with van der Waals surface area (Å²) < 4.78 is 0. The summed E-state index contributed by atoms with van der Waals surface area (Å²) in [6.07, 6.45) is 3.79. The first-order valence-electron chi connectivity index (χ1n) is 8.61. The van der Waals surface area contributed by atoms with Gasteiger partial charge in [-0.2, -0.15) is 0 Å². The van der Waals surface area contributed by atoms with Crippen LogP contribution >= 0.6 is 0 Å². The molecule has 0 atom stereocenters. The fraction of sp³-hybridized carbons (Fsp3) is 0. The topological polar surface area (TPSA) is 57.4 Å². The molecule has 4 aromatic heterocycles. The van der Waals surface area contributed by atoms with E-state index in [0.29, 0.717) is 0 Å². The normalized spacial score (nSPS) is 11.8. The zero-order valence-corrected chi connectivity index (χ0v) is 13.8. The molecular weight excluding hydrogens is 320 g/mol. The zero-order valence-electron chi connectivity index (χ0n) is 13.8. The van der Waals surface area contributed by atoms with Crippen molar-refractivity contribution in [3.63, 3.8) is 0 Å². The number of H-pyrrole nitrogens is 2. The fourth-order valence-corrected chi connectivity index (χ4v) is 3.84. The summed E-state index contributed by atoms with van der Waals surface area (Å²) in [6.45, 7) is 0. The minimum Gasteiger partial charge on any atom is -0.354 e. The van der Waals surface area contributed by atoms with Crippen LogP contribution in [-0.2, 0) is 0 Å². The number of pyridine rings is 2. The van der Waals surface area contributed by atoms with E-state index < -0.39 is 0 Å². The molecule has 6 rings (SSSR count). The molecular formula is C22H14N4. The van der Waals surface area contributed by atoms with Gasteiger partial charge in [-0.05, 0) is 24.3 Å². The molecule has 0 saturated heterocycles. The molecule has 0 aliphatic carbocycles. The van der Waals surface area contributed by atoms with Crippen molar-refractivity contribution < 1.29 is 0 Å². The lowest BCUT2D eigenvalue weighted by molar-refractivity contribution is 1.27. The Hall–Kier alpha value is -3.66. The number of para-hydroxylation sites is 2. The predicted octanol–water partition coefficient (Wildman–Crippen LogP) is 5.41. The van der Waals surface area contributed by atoms with Crippen LogP contribution in [0.5, 0.6) is 0 Å². The van der Waals surface area contributed by atoms with Gasteiger partial charge >= 0.3 is 0 Å². The molecule has 0 amide bonds. The summed E-state index contributed by atoms with van der Waals surface area (Å²) in [7, 11) is 0. The molecule has 0 aliphatic rings. The van der Waals surface area contributed by atoms with Crippen LogP contribution in [0.4, 0.5) is 0 Å². The number of rotatable bonds is 1. The fourth-order valence-electron chi connectivity index (χ4n) is 3.84. The molecule has 0 aliphatic heterocycles. The number of fused-ring (bicyclic) bond motifs is 6. The highest BCUT2D eigenvalue weighted by molar-refractivity contribution is 6.12. The van der Waals surface area contributed by atoms with Gasteiger partial charge in [-0.25, -0.2) is 0 Å². The molecule has 122 valence electrons. The molecule has 0 saturated carbocycles. The second-order valence-corrected chi connectivity index (χ2v) is 6.54. The highest BCUT2D eigenvalue weighted by atomic mass is 14.8. The third-order valence-electron chi connectivity index (χ3n) is 5.06. The van der Waals surface area contributed by atoms with E-state index in [9.17, 15) is 0 Å². The maximum atomic E-state index is 4.72. The third-order valence-corrected chi connectivity index (χ3v) is 5.06. The lowest BCUT2D eigenvalue weighted by Gasteiger charge is -2.02. The summed E-state index contributed by atoms with van der Waals surface area (Å²) in [5.41, 5.74) is 6.07. The van der Waals surface area contributed by atoms with Gasteiger partial charge in [0.05, 0.1) is 16.7 Å². The Morgan fingerprint density at radius 2 is 1.35 bits per heavy atom. The Balaban J connectivity index is 1.66. The maximum absolute atomic E-state index is 4.72. The molecule has 6 aromatic rings. The Bertz CT molecular complexity index is 1440. The van der Waals surface area contributed by atoms with Crippen LogP contribution in [0, 0.1) is 0 Å². The number of hydrogen-bond donors (Lipinski definition) is 2. The van der Waals surface area contributed by atoms with Gasteiger partial charge in [0.15, 0.2) is 0 Å². The van der Waals surface area contributed by atoms with Crippen molar-refractivity contribution in [2.24, 2.45) is 0 Å². The number of nitrogens with one attached hydrogen (secondary N) is 2. The van der Waals surface area contributed by atoms with Crippen LogP contribution in [0.25, 0.3) is 55.0 Å². The molecule has 0 radical (unpaired) electrons. The first kappa shape index (κ1) is 13.6. The van der Waals surface area contributed by atoms with Crippen LogP contribution in [0.3, 0.4) is 0 Å². The molecule has 0 spiro atoms. The minimum atomic E-state index is 0.862. The van der Waals surface area contributed by atoms with Gasteiger partial charge in [0, 0.05) is 45.0 Å². The number of nitrogens with zero attached hydrogens (tertiary/aromatic N) is 2. The van der Waals surface area contributed by atoms with Crippen LogP contribution in [0.15, 0.2) is 73.1 Å². The average Bonchev–Trinajstić information content (AvgIpc) is 3.25. The molecule has 2 aromatic carbocycles. The van der Waals surface area contributed by atoms with Gasteiger partial charge in [-0.3, -0.25) is 9.97 Å². The molecule has 26 heavy (non-hydrogen) atoms. The van der Waals surface area contributed by atoms with Crippen molar-refractivity contribution >= 4 is 43.6 Å². The molecule has 4 nitrogen and oxygen atoms in total. The van der Waals surface area contributed by atoms with Gasteiger partial charge < -0.3 is 9.97 Å². The van der Waals surface area contributed by atoms with E-state index in [2.05, 4.69) is 63.5 Å². The molecule has 0 fully saturated rings. The smallest absolute Gasteiger partial charge is 0.113 e. The van der Waals surface area contributed by atoms with Gasteiger partial charge in [0.25, 0.3) is 0 Å². The Kier molecular flexibility index (Phi) is 2.58. The summed E-state index contributed by atoms with van der Waals surface area (Å²) in [5, 5.41) is 4.70. The van der Waals surface area contributed by atoms with Crippen LogP contribution in [-0.4, -0.2) is 19.9 Å². The maximum Gasteiger partial charge on any atom is 0.113 e. The first-order chi connectivity index (χ1) is 12.9. The van der Waals surface area contributed by atoms with E-state index in [-0.39, 0.29) is 0 Å². The zero-order chi connectivity index (χ0) is 17.1. The number of benzene rings is 2. The Morgan fingerprint density at radius 3 is 2.19 bits per heavy atom. The summed E-state index contributed by atoms with van der Waals surface area (Å²) >= 11 is 0. The number of aromatic nitrogens is 4. The van der Waals surface area contributed by atoms with Gasteiger partial charge in [-0.15, -0.1) is 0 Å². The van der Waals surface area contributed by atoms with E-state index >= 15 is 0 Å². The minimum absolute atomic E-state index is 0.862. The second-order valence-electron chi connectivity index (χ2n) is 6.54. The first-order valence-corrected chi connectivity index (χ1v) is 8.61. The molecule has 0 bridgehead atoms. The van der Waals surface area contributed by atoms with Crippen molar-refractivity contribution in [2.75, 3.05) is 0 Å². The average molecular weight is 334 g/mol. The van der Waals surface area contributed by atoms with E-state index in [4.69, 9.17) is 4.98 Å². The van der Waals surface area contributed by atoms with Gasteiger partial charge in [0.1, 0.15) is 5.69 Å². The van der Waals surface area contributed by atoms with Crippen molar-refractivity contribution in [3.05, 3.63) is 73.1 Å². The van der Waals surface area contributed by atoms with Crippen LogP contribution < -0.4 is 0 Å². The Labute approximate surface area is 148 Å². The van der Waals surface area contributed by atoms with Crippen molar-refractivity contribution in [1.29, 1.82) is 0 Å².